The van der Waals surface area contributed by atoms with E-state index in [4.69, 9.17) is 18.7 Å². The molecule has 0 spiro atoms. The number of hydrogen-bond acceptors (Lipinski definition) is 5. The second kappa shape index (κ2) is 14.1. The molecule has 0 bridgehead atoms. The quantitative estimate of drug-likeness (QED) is 0.127. The predicted octanol–water partition coefficient (Wildman–Crippen LogP) is 11.1. The summed E-state index contributed by atoms with van der Waals surface area (Å²) in [6.07, 6.45) is 0. The first kappa shape index (κ1) is 36.4. The second-order valence-corrected chi connectivity index (χ2v) is 15.5. The van der Waals surface area contributed by atoms with Gasteiger partial charge in [0.1, 0.15) is 17.2 Å². The lowest BCUT2D eigenvalue weighted by atomic mass is 9.66. The summed E-state index contributed by atoms with van der Waals surface area (Å²) in [4.78, 5) is 11.1. The zero-order valence-corrected chi connectivity index (χ0v) is 32.4. The van der Waals surface area contributed by atoms with Gasteiger partial charge >= 0.3 is 0 Å². The van der Waals surface area contributed by atoms with Gasteiger partial charge in [-0.3, -0.25) is 0 Å². The van der Waals surface area contributed by atoms with Crippen LogP contribution in [0.5, 0.6) is 17.2 Å². The van der Waals surface area contributed by atoms with E-state index in [0.717, 1.165) is 50.4 Å². The molecule has 270 valence electrons. The topological polar surface area (TPSA) is 57.2 Å². The first-order chi connectivity index (χ1) is 25.5. The fourth-order valence-corrected chi connectivity index (χ4v) is 8.50. The minimum Gasteiger partial charge on any atom is -0.497 e. The average molecular weight is 723 g/mol. The largest absolute Gasteiger partial charge is 0.497 e. The number of fused-ring (bicyclic) bond motifs is 1. The molecule has 0 radical (unpaired) electrons. The molecule has 6 aromatic rings. The average Bonchev–Trinajstić information content (AvgIpc) is 3.76. The van der Waals surface area contributed by atoms with Crippen LogP contribution in [0.15, 0.2) is 146 Å². The Bertz CT molecular complexity index is 2110. The van der Waals surface area contributed by atoms with Gasteiger partial charge in [0.05, 0.1) is 14.2 Å². The summed E-state index contributed by atoms with van der Waals surface area (Å²) in [6, 6.07) is 49.1. The van der Waals surface area contributed by atoms with Crippen molar-refractivity contribution >= 4 is 9.03 Å². The normalized spacial score (nSPS) is 13.8. The highest BCUT2D eigenvalue weighted by Gasteiger charge is 2.60. The molecule has 0 saturated carbocycles. The molecule has 6 heteroatoms. The van der Waals surface area contributed by atoms with Gasteiger partial charge in [0.2, 0.25) is 0 Å². The molecule has 53 heavy (non-hydrogen) atoms. The van der Waals surface area contributed by atoms with E-state index >= 15 is 0 Å². The second-order valence-electron chi connectivity index (χ2n) is 15.1. The van der Waals surface area contributed by atoms with Crippen molar-refractivity contribution in [1.29, 1.82) is 0 Å². The Balaban J connectivity index is 1.70. The van der Waals surface area contributed by atoms with Crippen molar-refractivity contribution in [3.05, 3.63) is 185 Å². The van der Waals surface area contributed by atoms with Crippen LogP contribution in [-0.4, -0.2) is 19.1 Å². The third kappa shape index (κ3) is 6.11. The summed E-state index contributed by atoms with van der Waals surface area (Å²) in [5, 5.41) is 0. The van der Waals surface area contributed by atoms with Crippen molar-refractivity contribution in [3.8, 4) is 28.4 Å². The highest BCUT2D eigenvalue weighted by atomic mass is 31.1. The van der Waals surface area contributed by atoms with Crippen LogP contribution in [0.3, 0.4) is 0 Å². The zero-order chi connectivity index (χ0) is 37.4. The van der Waals surface area contributed by atoms with Gasteiger partial charge in [-0.25, -0.2) is 0 Å². The van der Waals surface area contributed by atoms with Gasteiger partial charge in [0, 0.05) is 27.7 Å². The Morgan fingerprint density at radius 3 is 1.38 bits per heavy atom. The van der Waals surface area contributed by atoms with E-state index in [-0.39, 0.29) is 5.41 Å². The van der Waals surface area contributed by atoms with E-state index in [9.17, 15) is 4.89 Å². The highest BCUT2D eigenvalue weighted by molar-refractivity contribution is 7.25. The molecule has 1 aliphatic carbocycles. The third-order valence-electron chi connectivity index (χ3n) is 10.7. The SMILES string of the molecule is COc1cc(-c2cc(OC)cc3c2C3(C)C)c(OC(c2ccccc2)(c2ccccc2)C(OPO)(c2ccccc2)c2ccccc2)c(C(C)(C)C)c1. The van der Waals surface area contributed by atoms with E-state index < -0.39 is 25.7 Å². The zero-order valence-electron chi connectivity index (χ0n) is 31.4. The molecule has 0 heterocycles. The van der Waals surface area contributed by atoms with Crippen molar-refractivity contribution in [1.82, 2.24) is 0 Å². The van der Waals surface area contributed by atoms with Gasteiger partial charge in [-0.1, -0.05) is 156 Å². The van der Waals surface area contributed by atoms with Crippen LogP contribution < -0.4 is 14.2 Å². The number of hydrogen-bond donors (Lipinski definition) is 1. The standard InChI is InChI=1S/C47H47O5P/c1-44(2,3)41-31-37(50-7)29-39(38-28-36(49-6)30-40-42(38)45(40,4)5)43(41)51-46(32-20-12-8-13-21-32,33-22-14-9-15-23-33)47(52-53-48,34-24-16-10-17-25-34)35-26-18-11-19-27-35/h8-31,48,53H,1-7H3. The van der Waals surface area contributed by atoms with E-state index in [2.05, 4.69) is 107 Å². The fourth-order valence-electron chi connectivity index (χ4n) is 7.99. The summed E-state index contributed by atoms with van der Waals surface area (Å²) in [6.45, 7) is 11.1. The van der Waals surface area contributed by atoms with Crippen molar-refractivity contribution in [3.63, 3.8) is 0 Å². The molecule has 0 fully saturated rings. The number of benzene rings is 6. The van der Waals surface area contributed by atoms with Crippen LogP contribution in [0.4, 0.5) is 0 Å². The predicted molar refractivity (Wildman–Crippen MR) is 215 cm³/mol. The molecule has 0 amide bonds. The van der Waals surface area contributed by atoms with Crippen LogP contribution in [0.1, 0.15) is 73.6 Å². The molecule has 7 rings (SSSR count). The number of rotatable bonds is 12. The Labute approximate surface area is 315 Å². The van der Waals surface area contributed by atoms with Crippen LogP contribution in [-0.2, 0) is 26.6 Å². The van der Waals surface area contributed by atoms with Gasteiger partial charge < -0.3 is 23.6 Å². The molecule has 1 unspecified atom stereocenters. The van der Waals surface area contributed by atoms with Crippen LogP contribution in [0.2, 0.25) is 0 Å². The summed E-state index contributed by atoms with van der Waals surface area (Å²) in [5.74, 6) is 2.19. The first-order valence-electron chi connectivity index (χ1n) is 18.0. The van der Waals surface area contributed by atoms with Crippen LogP contribution >= 0.6 is 9.03 Å². The minimum absolute atomic E-state index is 0.150. The lowest BCUT2D eigenvalue weighted by Crippen LogP contribution is -2.55. The van der Waals surface area contributed by atoms with Crippen molar-refractivity contribution in [2.24, 2.45) is 0 Å². The Hall–Kier alpha value is -4.93. The van der Waals surface area contributed by atoms with Gasteiger partial charge in [0.25, 0.3) is 0 Å². The molecule has 0 aliphatic heterocycles. The molecule has 0 aromatic heterocycles. The Morgan fingerprint density at radius 2 is 0.962 bits per heavy atom. The summed E-state index contributed by atoms with van der Waals surface area (Å²) >= 11 is 0. The highest BCUT2D eigenvalue weighted by Crippen LogP contribution is 2.61. The van der Waals surface area contributed by atoms with E-state index in [0.29, 0.717) is 5.75 Å². The lowest BCUT2D eigenvalue weighted by Gasteiger charge is -2.51. The summed E-state index contributed by atoms with van der Waals surface area (Å²) in [5.41, 5.74) is 5.29. The minimum atomic E-state index is -1.43. The maximum absolute atomic E-state index is 11.1. The molecular formula is C47H47O5P. The van der Waals surface area contributed by atoms with Gasteiger partial charge in [-0.2, -0.15) is 0 Å². The maximum Gasteiger partial charge on any atom is 0.197 e. The molecule has 0 saturated heterocycles. The van der Waals surface area contributed by atoms with E-state index in [1.807, 2.05) is 72.8 Å². The lowest BCUT2D eigenvalue weighted by molar-refractivity contribution is -0.0741. The molecule has 5 nitrogen and oxygen atoms in total. The Kier molecular flexibility index (Phi) is 9.72. The fraction of sp³-hybridized carbons (Fsp3) is 0.234. The third-order valence-corrected chi connectivity index (χ3v) is 11.0. The molecule has 1 aliphatic rings. The number of ether oxygens (including phenoxy) is 3. The van der Waals surface area contributed by atoms with E-state index in [1.54, 1.807) is 14.2 Å². The molecule has 1 N–H and O–H groups in total. The van der Waals surface area contributed by atoms with Crippen LogP contribution in [0, 0.1) is 0 Å². The van der Waals surface area contributed by atoms with Gasteiger partial charge in [0.15, 0.2) is 20.2 Å². The first-order valence-corrected chi connectivity index (χ1v) is 18.8. The Morgan fingerprint density at radius 1 is 0.547 bits per heavy atom. The van der Waals surface area contributed by atoms with E-state index in [1.165, 1.54) is 11.1 Å². The smallest absolute Gasteiger partial charge is 0.197 e. The maximum atomic E-state index is 11.1. The number of methoxy groups -OCH3 is 2. The van der Waals surface area contributed by atoms with Crippen molar-refractivity contribution in [2.45, 2.75) is 56.7 Å². The van der Waals surface area contributed by atoms with Crippen molar-refractivity contribution < 1.29 is 23.6 Å². The molecular weight excluding hydrogens is 675 g/mol. The van der Waals surface area contributed by atoms with Crippen LogP contribution in [0.25, 0.3) is 11.1 Å². The van der Waals surface area contributed by atoms with Crippen molar-refractivity contribution in [2.75, 3.05) is 14.2 Å². The van der Waals surface area contributed by atoms with Gasteiger partial charge in [-0.15, -0.1) is 0 Å². The summed E-state index contributed by atoms with van der Waals surface area (Å²) < 4.78 is 27.1. The molecule has 6 aromatic carbocycles. The summed E-state index contributed by atoms with van der Waals surface area (Å²) in [7, 11) is 2.53. The monoisotopic (exact) mass is 722 g/mol. The van der Waals surface area contributed by atoms with Gasteiger partial charge in [-0.05, 0) is 57.5 Å². The molecule has 1 atom stereocenters.